The monoisotopic (exact) mass is 444 g/mol. The van der Waals surface area contributed by atoms with Gasteiger partial charge in [-0.2, -0.15) is 13.2 Å². The van der Waals surface area contributed by atoms with Gasteiger partial charge in [0, 0.05) is 35.9 Å². The minimum Gasteiger partial charge on any atom is -0.376 e. The fourth-order valence-corrected chi connectivity index (χ4v) is 4.14. The van der Waals surface area contributed by atoms with Crippen LogP contribution in [0.15, 0.2) is 30.6 Å². The first-order chi connectivity index (χ1) is 15.5. The summed E-state index contributed by atoms with van der Waals surface area (Å²) < 4.78 is 46.8. The first-order valence-corrected chi connectivity index (χ1v) is 10.7. The number of alkyl halides is 3. The Bertz CT molecular complexity index is 1150. The highest BCUT2D eigenvalue weighted by atomic mass is 19.4. The second-order valence-electron chi connectivity index (χ2n) is 8.01. The zero-order valence-corrected chi connectivity index (χ0v) is 17.3. The van der Waals surface area contributed by atoms with Gasteiger partial charge in [0.05, 0.1) is 24.6 Å². The van der Waals surface area contributed by atoms with Gasteiger partial charge in [0.25, 0.3) is 0 Å². The second kappa shape index (κ2) is 8.51. The van der Waals surface area contributed by atoms with Crippen LogP contribution in [-0.2, 0) is 10.9 Å². The van der Waals surface area contributed by atoms with E-state index >= 15 is 0 Å². The third-order valence-electron chi connectivity index (χ3n) is 5.76. The van der Waals surface area contributed by atoms with E-state index in [9.17, 15) is 13.2 Å². The summed E-state index contributed by atoms with van der Waals surface area (Å²) in [5.74, 6) is 0.185. The predicted molar refractivity (Wildman–Crippen MR) is 115 cm³/mol. The van der Waals surface area contributed by atoms with Crippen LogP contribution in [0, 0.1) is 0 Å². The zero-order chi connectivity index (χ0) is 22.1. The summed E-state index contributed by atoms with van der Waals surface area (Å²) in [5.41, 5.74) is 1.52. The van der Waals surface area contributed by atoms with Crippen LogP contribution in [0.1, 0.15) is 30.5 Å². The van der Waals surface area contributed by atoms with E-state index in [-0.39, 0.29) is 17.7 Å². The van der Waals surface area contributed by atoms with Crippen LogP contribution >= 0.6 is 0 Å². The number of hydrogen-bond acceptors (Lipinski definition) is 6. The van der Waals surface area contributed by atoms with E-state index in [2.05, 4.69) is 36.6 Å². The number of piperidine rings is 1. The summed E-state index contributed by atoms with van der Waals surface area (Å²) in [4.78, 5) is 15.8. The van der Waals surface area contributed by atoms with Gasteiger partial charge in [0.1, 0.15) is 11.2 Å². The molecule has 0 unspecified atom stereocenters. The molecule has 2 aliphatic heterocycles. The SMILES string of the molecule is FC(F)(F)c1cnc(N[C@H]2CCCNC2)nc1-c1c[nH]c2nc(C3=CCCOC3)ccc12. The molecule has 0 spiro atoms. The molecule has 5 rings (SSSR count). The van der Waals surface area contributed by atoms with Crippen molar-refractivity contribution in [2.75, 3.05) is 31.6 Å². The molecule has 10 heteroatoms. The van der Waals surface area contributed by atoms with E-state index in [0.29, 0.717) is 29.8 Å². The summed E-state index contributed by atoms with van der Waals surface area (Å²) in [7, 11) is 0. The molecule has 7 nitrogen and oxygen atoms in total. The molecule has 0 bridgehead atoms. The normalized spacial score (nSPS) is 19.7. The number of nitrogens with zero attached hydrogens (tertiary/aromatic N) is 3. The zero-order valence-electron chi connectivity index (χ0n) is 17.3. The van der Waals surface area contributed by atoms with Crippen molar-refractivity contribution in [3.05, 3.63) is 41.9 Å². The molecule has 0 amide bonds. The Morgan fingerprint density at radius 1 is 1.19 bits per heavy atom. The maximum Gasteiger partial charge on any atom is 0.419 e. The lowest BCUT2D eigenvalue weighted by molar-refractivity contribution is -0.137. The molecule has 2 aliphatic rings. The molecular weight excluding hydrogens is 421 g/mol. The molecule has 1 saturated heterocycles. The number of anilines is 1. The number of halogens is 3. The average molecular weight is 444 g/mol. The minimum atomic E-state index is -4.58. The molecule has 1 atom stereocenters. The highest BCUT2D eigenvalue weighted by Gasteiger charge is 2.36. The van der Waals surface area contributed by atoms with Gasteiger partial charge >= 0.3 is 6.18 Å². The van der Waals surface area contributed by atoms with E-state index in [1.807, 2.05) is 6.07 Å². The van der Waals surface area contributed by atoms with Crippen LogP contribution in [0.5, 0.6) is 0 Å². The largest absolute Gasteiger partial charge is 0.419 e. The molecule has 0 radical (unpaired) electrons. The Morgan fingerprint density at radius 3 is 2.84 bits per heavy atom. The van der Waals surface area contributed by atoms with Gasteiger partial charge in [-0.3, -0.25) is 0 Å². The number of aromatic nitrogens is 4. The van der Waals surface area contributed by atoms with Crippen molar-refractivity contribution in [3.8, 4) is 11.3 Å². The standard InChI is InChI=1S/C22H23F3N6O/c23-22(24,25)17-11-28-21(29-14-4-1-7-26-9-14)31-19(17)16-10-27-20-15(16)5-6-18(30-20)13-3-2-8-32-12-13/h3,5-6,10-11,14,26H,1-2,4,7-9,12H2,(H,27,30)(H,28,29,31)/t14-/m0/s1. The van der Waals surface area contributed by atoms with Gasteiger partial charge in [0.2, 0.25) is 5.95 Å². The second-order valence-corrected chi connectivity index (χ2v) is 8.01. The van der Waals surface area contributed by atoms with Crippen molar-refractivity contribution in [1.29, 1.82) is 0 Å². The fraction of sp³-hybridized carbons (Fsp3) is 0.409. The highest BCUT2D eigenvalue weighted by Crippen LogP contribution is 2.38. The first-order valence-electron chi connectivity index (χ1n) is 10.7. The van der Waals surface area contributed by atoms with Gasteiger partial charge in [-0.15, -0.1) is 0 Å². The number of ether oxygens (including phenoxy) is 1. The quantitative estimate of drug-likeness (QED) is 0.564. The third-order valence-corrected chi connectivity index (χ3v) is 5.76. The minimum absolute atomic E-state index is 0.0755. The fourth-order valence-electron chi connectivity index (χ4n) is 4.14. The van der Waals surface area contributed by atoms with Crippen molar-refractivity contribution >= 4 is 22.6 Å². The number of nitrogens with one attached hydrogen (secondary N) is 3. The Labute approximate surface area is 182 Å². The number of pyridine rings is 1. The maximum absolute atomic E-state index is 13.8. The van der Waals surface area contributed by atoms with Crippen LogP contribution in [-0.4, -0.2) is 52.3 Å². The van der Waals surface area contributed by atoms with E-state index < -0.39 is 11.7 Å². The summed E-state index contributed by atoms with van der Waals surface area (Å²) in [6.07, 6.45) is 2.58. The van der Waals surface area contributed by atoms with Crippen LogP contribution < -0.4 is 10.6 Å². The Kier molecular flexibility index (Phi) is 5.56. The van der Waals surface area contributed by atoms with Gasteiger partial charge in [0.15, 0.2) is 0 Å². The van der Waals surface area contributed by atoms with E-state index in [0.717, 1.165) is 49.8 Å². The Hall–Kier alpha value is -2.98. The number of hydrogen-bond donors (Lipinski definition) is 3. The van der Waals surface area contributed by atoms with Crippen LogP contribution in [0.4, 0.5) is 19.1 Å². The lowest BCUT2D eigenvalue weighted by Gasteiger charge is -2.24. The lowest BCUT2D eigenvalue weighted by Crippen LogP contribution is -2.38. The van der Waals surface area contributed by atoms with Crippen molar-refractivity contribution in [1.82, 2.24) is 25.3 Å². The average Bonchev–Trinajstić information content (AvgIpc) is 3.23. The molecule has 0 aliphatic carbocycles. The van der Waals surface area contributed by atoms with Gasteiger partial charge in [-0.05, 0) is 43.5 Å². The Balaban J connectivity index is 1.54. The van der Waals surface area contributed by atoms with Crippen LogP contribution in [0.25, 0.3) is 27.9 Å². The Morgan fingerprint density at radius 2 is 2.09 bits per heavy atom. The van der Waals surface area contributed by atoms with Crippen molar-refractivity contribution < 1.29 is 17.9 Å². The smallest absolute Gasteiger partial charge is 0.376 e. The summed E-state index contributed by atoms with van der Waals surface area (Å²) >= 11 is 0. The van der Waals surface area contributed by atoms with E-state index in [4.69, 9.17) is 4.74 Å². The lowest BCUT2D eigenvalue weighted by atomic mass is 10.1. The molecule has 3 aromatic rings. The van der Waals surface area contributed by atoms with Crippen molar-refractivity contribution in [2.45, 2.75) is 31.5 Å². The number of H-pyrrole nitrogens is 1. The molecule has 3 N–H and O–H groups in total. The first kappa shape index (κ1) is 20.9. The molecule has 5 heterocycles. The molecule has 168 valence electrons. The maximum atomic E-state index is 13.8. The number of rotatable bonds is 4. The predicted octanol–water partition coefficient (Wildman–Crippen LogP) is 4.01. The summed E-state index contributed by atoms with van der Waals surface area (Å²) in [6.45, 7) is 2.81. The number of aromatic amines is 1. The number of fused-ring (bicyclic) bond motifs is 1. The molecule has 0 aromatic carbocycles. The molecule has 0 saturated carbocycles. The third kappa shape index (κ3) is 4.20. The van der Waals surface area contributed by atoms with Crippen LogP contribution in [0.3, 0.4) is 0 Å². The van der Waals surface area contributed by atoms with Crippen molar-refractivity contribution in [2.24, 2.45) is 0 Å². The highest BCUT2D eigenvalue weighted by molar-refractivity contribution is 5.94. The summed E-state index contributed by atoms with van der Waals surface area (Å²) in [5, 5.41) is 7.00. The van der Waals surface area contributed by atoms with E-state index in [1.165, 1.54) is 6.20 Å². The van der Waals surface area contributed by atoms with E-state index in [1.54, 1.807) is 6.07 Å². The van der Waals surface area contributed by atoms with Gasteiger partial charge in [-0.1, -0.05) is 6.08 Å². The molecular formula is C22H23F3N6O. The van der Waals surface area contributed by atoms with Crippen molar-refractivity contribution in [3.63, 3.8) is 0 Å². The summed E-state index contributed by atoms with van der Waals surface area (Å²) in [6, 6.07) is 3.66. The molecule has 1 fully saturated rings. The molecule has 32 heavy (non-hydrogen) atoms. The topological polar surface area (TPSA) is 87.8 Å². The molecule has 3 aromatic heterocycles. The van der Waals surface area contributed by atoms with Crippen LogP contribution in [0.2, 0.25) is 0 Å². The van der Waals surface area contributed by atoms with Gasteiger partial charge < -0.3 is 20.4 Å². The van der Waals surface area contributed by atoms with Gasteiger partial charge in [-0.25, -0.2) is 15.0 Å².